The minimum Gasteiger partial charge on any atom is -0.487 e. The smallest absolute Gasteiger partial charge is 0.191 e. The van der Waals surface area contributed by atoms with E-state index in [1.165, 1.54) is 0 Å². The molecule has 0 aliphatic heterocycles. The number of hydrogen-bond donors (Lipinski definition) is 2. The Morgan fingerprint density at radius 1 is 1.19 bits per heavy atom. The number of aromatic nitrogens is 1. The van der Waals surface area contributed by atoms with Gasteiger partial charge >= 0.3 is 0 Å². The Morgan fingerprint density at radius 2 is 2.00 bits per heavy atom. The molecule has 2 N–H and O–H groups in total. The number of aliphatic imine (C=N–C) groups is 1. The Kier molecular flexibility index (Phi) is 12.0. The zero-order valence-corrected chi connectivity index (χ0v) is 22.1. The molecule has 2 aromatic rings. The van der Waals surface area contributed by atoms with Crippen LogP contribution in [-0.4, -0.2) is 38.7 Å². The van der Waals surface area contributed by atoms with Gasteiger partial charge in [0.25, 0.3) is 0 Å². The molecular formula is C24H35IN4O2S. The number of halogens is 1. The molecule has 1 heterocycles. The molecule has 3 rings (SSSR count). The summed E-state index contributed by atoms with van der Waals surface area (Å²) in [6, 6.07) is 14.2. The quantitative estimate of drug-likeness (QED) is 0.266. The lowest BCUT2D eigenvalue weighted by Gasteiger charge is -2.30. The third kappa shape index (κ3) is 8.69. The van der Waals surface area contributed by atoms with E-state index in [9.17, 15) is 4.21 Å². The number of nitrogens with zero attached hydrogens (tertiary/aromatic N) is 2. The Morgan fingerprint density at radius 3 is 2.69 bits per heavy atom. The van der Waals surface area contributed by atoms with E-state index in [0.29, 0.717) is 24.4 Å². The fraction of sp³-hybridized carbons (Fsp3) is 0.500. The first-order chi connectivity index (χ1) is 15.2. The van der Waals surface area contributed by atoms with Gasteiger partial charge in [-0.1, -0.05) is 31.5 Å². The number of nitrogens with one attached hydrogen (secondary N) is 2. The Labute approximate surface area is 211 Å². The topological polar surface area (TPSA) is 75.6 Å². The van der Waals surface area contributed by atoms with Gasteiger partial charge in [-0.15, -0.1) is 24.0 Å². The van der Waals surface area contributed by atoms with Crippen LogP contribution >= 0.6 is 24.0 Å². The maximum atomic E-state index is 12.2. The maximum absolute atomic E-state index is 12.2. The van der Waals surface area contributed by atoms with Crippen LogP contribution in [0.2, 0.25) is 0 Å². The summed E-state index contributed by atoms with van der Waals surface area (Å²) in [7, 11) is -0.719. The van der Waals surface area contributed by atoms with E-state index >= 15 is 0 Å². The monoisotopic (exact) mass is 570 g/mol. The van der Waals surface area contributed by atoms with Crippen molar-refractivity contribution in [3.05, 3.63) is 59.9 Å². The van der Waals surface area contributed by atoms with Gasteiger partial charge in [0.1, 0.15) is 12.4 Å². The van der Waals surface area contributed by atoms with Crippen molar-refractivity contribution in [1.82, 2.24) is 15.6 Å². The van der Waals surface area contributed by atoms with Crippen molar-refractivity contribution in [2.24, 2.45) is 4.99 Å². The van der Waals surface area contributed by atoms with Crippen molar-refractivity contribution in [3.63, 3.8) is 0 Å². The summed E-state index contributed by atoms with van der Waals surface area (Å²) in [5.74, 6) is 2.39. The molecule has 0 bridgehead atoms. The maximum Gasteiger partial charge on any atom is 0.191 e. The average Bonchev–Trinajstić information content (AvgIpc) is 2.82. The van der Waals surface area contributed by atoms with E-state index in [2.05, 4.69) is 22.5 Å². The fourth-order valence-corrected chi connectivity index (χ4v) is 5.11. The second-order valence-corrected chi connectivity index (χ2v) is 9.75. The van der Waals surface area contributed by atoms with Crippen LogP contribution < -0.4 is 15.4 Å². The molecule has 32 heavy (non-hydrogen) atoms. The van der Waals surface area contributed by atoms with E-state index in [4.69, 9.17) is 9.73 Å². The predicted octanol–water partition coefficient (Wildman–Crippen LogP) is 4.41. The summed E-state index contributed by atoms with van der Waals surface area (Å²) in [5, 5.41) is 7.20. The predicted molar refractivity (Wildman–Crippen MR) is 143 cm³/mol. The van der Waals surface area contributed by atoms with Crippen LogP contribution in [0, 0.1) is 0 Å². The van der Waals surface area contributed by atoms with Crippen LogP contribution in [0.15, 0.2) is 53.7 Å². The lowest BCUT2D eigenvalue weighted by Crippen LogP contribution is -2.46. The molecule has 176 valence electrons. The van der Waals surface area contributed by atoms with Gasteiger partial charge < -0.3 is 15.4 Å². The van der Waals surface area contributed by atoms with Crippen molar-refractivity contribution < 1.29 is 8.95 Å². The number of benzene rings is 1. The highest BCUT2D eigenvalue weighted by Crippen LogP contribution is 2.23. The van der Waals surface area contributed by atoms with Crippen LogP contribution in [0.4, 0.5) is 0 Å². The highest BCUT2D eigenvalue weighted by Gasteiger charge is 2.26. The van der Waals surface area contributed by atoms with Gasteiger partial charge in [0.05, 0.1) is 12.2 Å². The Balaban J connectivity index is 0.00000363. The molecule has 6 nitrogen and oxygen atoms in total. The number of rotatable bonds is 9. The van der Waals surface area contributed by atoms with Crippen molar-refractivity contribution >= 4 is 40.7 Å². The van der Waals surface area contributed by atoms with Crippen molar-refractivity contribution in [2.75, 3.05) is 12.3 Å². The van der Waals surface area contributed by atoms with Gasteiger partial charge in [-0.3, -0.25) is 9.19 Å². The van der Waals surface area contributed by atoms with E-state index in [1.54, 1.807) is 6.20 Å². The summed E-state index contributed by atoms with van der Waals surface area (Å²) in [6.07, 6.45) is 6.01. The third-order valence-corrected chi connectivity index (χ3v) is 7.16. The summed E-state index contributed by atoms with van der Waals surface area (Å²) in [5.41, 5.74) is 2.03. The molecule has 1 fully saturated rings. The zero-order valence-electron chi connectivity index (χ0n) is 19.0. The van der Waals surface area contributed by atoms with Gasteiger partial charge in [0.2, 0.25) is 0 Å². The summed E-state index contributed by atoms with van der Waals surface area (Å²) >= 11 is 0. The minimum absolute atomic E-state index is 0. The van der Waals surface area contributed by atoms with Crippen LogP contribution in [0.1, 0.15) is 50.8 Å². The summed E-state index contributed by atoms with van der Waals surface area (Å²) in [6.45, 7) is 5.93. The molecule has 0 saturated heterocycles. The average molecular weight is 571 g/mol. The second kappa shape index (κ2) is 14.5. The molecule has 8 heteroatoms. The SMILES string of the molecule is CCNC(=NCc1ccc(OCc2ccccn2)cc1)NC1CCCC(S(=O)CC)C1.I. The van der Waals surface area contributed by atoms with Crippen LogP contribution in [0.25, 0.3) is 0 Å². The van der Waals surface area contributed by atoms with E-state index in [-0.39, 0.29) is 24.0 Å². The third-order valence-electron chi connectivity index (χ3n) is 5.42. The fourth-order valence-electron chi connectivity index (χ4n) is 3.77. The molecule has 1 aromatic carbocycles. The second-order valence-electron chi connectivity index (χ2n) is 7.75. The number of hydrogen-bond acceptors (Lipinski definition) is 4. The highest BCUT2D eigenvalue weighted by molar-refractivity contribution is 14.0. The standard InChI is InChI=1S/C24H34N4O2S.HI/c1-3-25-24(28-20-9-7-10-23(16-20)31(29)4-2)27-17-19-11-13-22(14-12-19)30-18-21-8-5-6-15-26-21;/h5-6,8,11-15,20,23H,3-4,7,9-10,16-18H2,1-2H3,(H2,25,27,28);1H. The summed E-state index contributed by atoms with van der Waals surface area (Å²) in [4.78, 5) is 9.03. The lowest BCUT2D eigenvalue weighted by molar-refractivity contribution is 0.301. The molecule has 1 aromatic heterocycles. The molecule has 0 radical (unpaired) electrons. The Bertz CT molecular complexity index is 849. The molecule has 0 spiro atoms. The number of ether oxygens (including phenoxy) is 1. The van der Waals surface area contributed by atoms with Crippen molar-refractivity contribution in [2.45, 2.75) is 64.0 Å². The molecule has 0 amide bonds. The molecule has 1 aliphatic carbocycles. The van der Waals surface area contributed by atoms with E-state index < -0.39 is 10.8 Å². The largest absolute Gasteiger partial charge is 0.487 e. The van der Waals surface area contributed by atoms with Crippen molar-refractivity contribution in [3.8, 4) is 5.75 Å². The van der Waals surface area contributed by atoms with Gasteiger partial charge in [-0.25, -0.2) is 4.99 Å². The van der Waals surface area contributed by atoms with Gasteiger partial charge in [0, 0.05) is 40.6 Å². The van der Waals surface area contributed by atoms with E-state index in [0.717, 1.165) is 60.9 Å². The first-order valence-electron chi connectivity index (χ1n) is 11.2. The lowest BCUT2D eigenvalue weighted by atomic mass is 9.95. The molecule has 3 atom stereocenters. The molecular weight excluding hydrogens is 535 g/mol. The zero-order chi connectivity index (χ0) is 21.9. The molecule has 3 unspecified atom stereocenters. The number of guanidine groups is 1. The van der Waals surface area contributed by atoms with Gasteiger partial charge in [0.15, 0.2) is 5.96 Å². The van der Waals surface area contributed by atoms with Crippen LogP contribution in [0.3, 0.4) is 0 Å². The van der Waals surface area contributed by atoms with Crippen molar-refractivity contribution in [1.29, 1.82) is 0 Å². The molecule has 1 aliphatic rings. The van der Waals surface area contributed by atoms with Gasteiger partial charge in [-0.2, -0.15) is 0 Å². The number of pyridine rings is 1. The minimum atomic E-state index is -0.719. The summed E-state index contributed by atoms with van der Waals surface area (Å²) < 4.78 is 18.0. The highest BCUT2D eigenvalue weighted by atomic mass is 127. The first kappa shape index (κ1) is 26.6. The van der Waals surface area contributed by atoms with Crippen LogP contribution in [-0.2, 0) is 24.0 Å². The normalized spacial score (nSPS) is 19.5. The molecule has 1 saturated carbocycles. The van der Waals surface area contributed by atoms with Gasteiger partial charge in [-0.05, 0) is 56.0 Å². The van der Waals surface area contributed by atoms with E-state index in [1.807, 2.05) is 49.4 Å². The van der Waals surface area contributed by atoms with Crippen LogP contribution in [0.5, 0.6) is 5.75 Å². The Hall–Kier alpha value is -1.68. The first-order valence-corrected chi connectivity index (χ1v) is 12.6.